The van der Waals surface area contributed by atoms with Gasteiger partial charge in [-0.3, -0.25) is 9.59 Å². The Kier molecular flexibility index (Phi) is 4.97. The first-order valence-electron chi connectivity index (χ1n) is 6.72. The number of piperidine rings is 1. The second-order valence-corrected chi connectivity index (χ2v) is 5.69. The van der Waals surface area contributed by atoms with Gasteiger partial charge in [-0.05, 0) is 18.4 Å². The summed E-state index contributed by atoms with van der Waals surface area (Å²) in [6, 6.07) is 1.42. The summed E-state index contributed by atoms with van der Waals surface area (Å²) in [6.45, 7) is 2.25. The van der Waals surface area contributed by atoms with Crippen molar-refractivity contribution in [2.75, 3.05) is 18.4 Å². The fraction of sp³-hybridized carbons (Fsp3) is 0.429. The summed E-state index contributed by atoms with van der Waals surface area (Å²) >= 11 is 5.69. The molecule has 0 spiro atoms. The van der Waals surface area contributed by atoms with Gasteiger partial charge in [-0.25, -0.2) is 8.78 Å². The largest absolute Gasteiger partial charge is 0.391 e. The number of halogens is 3. The molecule has 0 aromatic heterocycles. The van der Waals surface area contributed by atoms with Crippen molar-refractivity contribution in [1.82, 2.24) is 4.90 Å². The van der Waals surface area contributed by atoms with Crippen molar-refractivity contribution in [3.05, 3.63) is 28.8 Å². The van der Waals surface area contributed by atoms with Crippen molar-refractivity contribution in [3.8, 4) is 0 Å². The molecule has 22 heavy (non-hydrogen) atoms. The second kappa shape index (κ2) is 6.58. The van der Waals surface area contributed by atoms with Crippen LogP contribution in [0.3, 0.4) is 0 Å². The molecular weight excluding hydrogens is 318 g/mol. The molecule has 2 atom stereocenters. The van der Waals surface area contributed by atoms with Gasteiger partial charge in [0.15, 0.2) is 11.6 Å². The molecule has 1 aliphatic heterocycles. The van der Waals surface area contributed by atoms with Gasteiger partial charge in [-0.15, -0.1) is 0 Å². The molecule has 2 amide bonds. The van der Waals surface area contributed by atoms with Crippen LogP contribution in [-0.4, -0.2) is 41.0 Å². The number of amides is 2. The van der Waals surface area contributed by atoms with Crippen LogP contribution >= 0.6 is 11.6 Å². The minimum atomic E-state index is -1.19. The third-order valence-electron chi connectivity index (χ3n) is 3.66. The molecule has 0 bridgehead atoms. The molecule has 0 radical (unpaired) electrons. The van der Waals surface area contributed by atoms with E-state index in [2.05, 4.69) is 5.32 Å². The lowest BCUT2D eigenvalue weighted by molar-refractivity contribution is -0.146. The number of hydrogen-bond donors (Lipinski definition) is 2. The Balaban J connectivity index is 2.06. The predicted molar refractivity (Wildman–Crippen MR) is 76.4 cm³/mol. The Hall–Kier alpha value is -1.73. The van der Waals surface area contributed by atoms with E-state index in [0.29, 0.717) is 25.1 Å². The molecule has 1 aromatic carbocycles. The zero-order chi connectivity index (χ0) is 16.4. The highest BCUT2D eigenvalue weighted by atomic mass is 35.5. The first-order chi connectivity index (χ1) is 10.3. The average molecular weight is 333 g/mol. The maximum Gasteiger partial charge on any atom is 0.313 e. The van der Waals surface area contributed by atoms with Gasteiger partial charge in [0.1, 0.15) is 0 Å². The Labute approximate surface area is 130 Å². The van der Waals surface area contributed by atoms with Crippen molar-refractivity contribution < 1.29 is 23.5 Å². The lowest BCUT2D eigenvalue weighted by atomic mass is 9.96. The summed E-state index contributed by atoms with van der Waals surface area (Å²) in [6.07, 6.45) is -0.121. The number of rotatable bonds is 1. The number of likely N-dealkylation sites (tertiary alicyclic amines) is 1. The van der Waals surface area contributed by atoms with E-state index in [0.717, 1.165) is 0 Å². The Morgan fingerprint density at radius 2 is 2.00 bits per heavy atom. The van der Waals surface area contributed by atoms with E-state index in [4.69, 9.17) is 11.6 Å². The van der Waals surface area contributed by atoms with Gasteiger partial charge in [0.2, 0.25) is 0 Å². The monoisotopic (exact) mass is 332 g/mol. The first kappa shape index (κ1) is 16.6. The number of benzene rings is 1. The number of nitrogens with one attached hydrogen (secondary N) is 1. The van der Waals surface area contributed by atoms with E-state index in [1.165, 1.54) is 4.90 Å². The normalized spacial score (nSPS) is 21.6. The maximum absolute atomic E-state index is 13.1. The van der Waals surface area contributed by atoms with Crippen LogP contribution in [0.15, 0.2) is 12.1 Å². The third-order valence-corrected chi connectivity index (χ3v) is 3.97. The van der Waals surface area contributed by atoms with Gasteiger partial charge < -0.3 is 15.3 Å². The Morgan fingerprint density at radius 1 is 1.36 bits per heavy atom. The smallest absolute Gasteiger partial charge is 0.313 e. The minimum Gasteiger partial charge on any atom is -0.391 e. The third kappa shape index (κ3) is 3.53. The fourth-order valence-electron chi connectivity index (χ4n) is 2.17. The summed E-state index contributed by atoms with van der Waals surface area (Å²) in [7, 11) is 0. The number of carbonyl (C=O) groups is 2. The molecule has 1 saturated heterocycles. The van der Waals surface area contributed by atoms with Crippen molar-refractivity contribution in [3.63, 3.8) is 0 Å². The Bertz CT molecular complexity index is 612. The van der Waals surface area contributed by atoms with E-state index < -0.39 is 29.6 Å². The molecular formula is C14H15ClF2N2O3. The van der Waals surface area contributed by atoms with Gasteiger partial charge in [0.05, 0.1) is 16.8 Å². The van der Waals surface area contributed by atoms with Crippen LogP contribution in [0.4, 0.5) is 14.5 Å². The number of aliphatic hydroxyl groups excluding tert-OH is 1. The minimum absolute atomic E-state index is 0.0488. The highest BCUT2D eigenvalue weighted by molar-refractivity contribution is 6.41. The van der Waals surface area contributed by atoms with Gasteiger partial charge in [0, 0.05) is 19.2 Å². The molecule has 2 N–H and O–H groups in total. The van der Waals surface area contributed by atoms with Crippen LogP contribution in [0.25, 0.3) is 0 Å². The second-order valence-electron chi connectivity index (χ2n) is 5.28. The zero-order valence-corrected chi connectivity index (χ0v) is 12.5. The molecule has 120 valence electrons. The standard InChI is InChI=1S/C14H15ClF2N2O3/c1-7-2-3-19(6-12(7)20)14(22)13(21)18-11-5-10(17)9(16)4-8(11)15/h4-5,7,12,20H,2-3,6H2,1H3,(H,18,21). The van der Waals surface area contributed by atoms with Crippen LogP contribution in [0.2, 0.25) is 5.02 Å². The summed E-state index contributed by atoms with van der Waals surface area (Å²) in [4.78, 5) is 25.1. The zero-order valence-electron chi connectivity index (χ0n) is 11.8. The van der Waals surface area contributed by atoms with Crippen LogP contribution in [0.1, 0.15) is 13.3 Å². The van der Waals surface area contributed by atoms with Crippen molar-refractivity contribution >= 4 is 29.1 Å². The van der Waals surface area contributed by atoms with Crippen LogP contribution < -0.4 is 5.32 Å². The van der Waals surface area contributed by atoms with Crippen LogP contribution in [-0.2, 0) is 9.59 Å². The molecule has 5 nitrogen and oxygen atoms in total. The molecule has 1 fully saturated rings. The summed E-state index contributed by atoms with van der Waals surface area (Å²) in [5, 5.41) is 11.7. The molecule has 0 saturated carbocycles. The Morgan fingerprint density at radius 3 is 2.64 bits per heavy atom. The maximum atomic E-state index is 13.1. The topological polar surface area (TPSA) is 69.6 Å². The quantitative estimate of drug-likeness (QED) is 0.608. The average Bonchev–Trinajstić information content (AvgIpc) is 2.46. The van der Waals surface area contributed by atoms with Crippen LogP contribution in [0.5, 0.6) is 0 Å². The predicted octanol–water partition coefficient (Wildman–Crippen LogP) is 1.79. The van der Waals surface area contributed by atoms with E-state index in [9.17, 15) is 23.5 Å². The van der Waals surface area contributed by atoms with Crippen molar-refractivity contribution in [1.29, 1.82) is 0 Å². The van der Waals surface area contributed by atoms with E-state index in [1.807, 2.05) is 6.92 Å². The van der Waals surface area contributed by atoms with E-state index in [1.54, 1.807) is 0 Å². The van der Waals surface area contributed by atoms with E-state index in [-0.39, 0.29) is 23.2 Å². The number of aliphatic hydroxyl groups is 1. The molecule has 1 aliphatic rings. The lowest BCUT2D eigenvalue weighted by Gasteiger charge is -2.33. The fourth-order valence-corrected chi connectivity index (χ4v) is 2.37. The molecule has 2 unspecified atom stereocenters. The summed E-state index contributed by atoms with van der Waals surface area (Å²) < 4.78 is 26.1. The van der Waals surface area contributed by atoms with Crippen LogP contribution in [0, 0.1) is 17.6 Å². The lowest BCUT2D eigenvalue weighted by Crippen LogP contribution is -2.49. The summed E-state index contributed by atoms with van der Waals surface area (Å²) in [5.74, 6) is -4.16. The SMILES string of the molecule is CC1CCN(C(=O)C(=O)Nc2cc(F)c(F)cc2Cl)CC1O. The first-order valence-corrected chi connectivity index (χ1v) is 7.10. The van der Waals surface area contributed by atoms with Gasteiger partial charge in [-0.2, -0.15) is 0 Å². The molecule has 2 rings (SSSR count). The number of hydrogen-bond acceptors (Lipinski definition) is 3. The van der Waals surface area contributed by atoms with Crippen molar-refractivity contribution in [2.24, 2.45) is 5.92 Å². The van der Waals surface area contributed by atoms with E-state index >= 15 is 0 Å². The molecule has 1 aromatic rings. The van der Waals surface area contributed by atoms with Gasteiger partial charge in [0.25, 0.3) is 0 Å². The highest BCUT2D eigenvalue weighted by Crippen LogP contribution is 2.25. The molecule has 8 heteroatoms. The summed E-state index contributed by atoms with van der Waals surface area (Å²) in [5.41, 5.74) is -0.190. The number of carbonyl (C=O) groups excluding carboxylic acids is 2. The van der Waals surface area contributed by atoms with Crippen molar-refractivity contribution in [2.45, 2.75) is 19.4 Å². The van der Waals surface area contributed by atoms with Gasteiger partial charge >= 0.3 is 11.8 Å². The molecule has 0 aliphatic carbocycles. The number of β-amino-alcohol motifs (C(OH)–C–C–N with tert-alkyl or cyclic N) is 1. The van der Waals surface area contributed by atoms with Gasteiger partial charge in [-0.1, -0.05) is 18.5 Å². The number of anilines is 1. The molecule has 1 heterocycles. The highest BCUT2D eigenvalue weighted by Gasteiger charge is 2.30. The number of nitrogens with zero attached hydrogens (tertiary/aromatic N) is 1.